The van der Waals surface area contributed by atoms with E-state index in [2.05, 4.69) is 28.1 Å². The molecule has 0 saturated carbocycles. The Morgan fingerprint density at radius 3 is 3.05 bits per heavy atom. The first-order valence-corrected chi connectivity index (χ1v) is 7.10. The van der Waals surface area contributed by atoms with Crippen LogP contribution in [0, 0.1) is 11.8 Å². The second-order valence-electron chi connectivity index (χ2n) is 4.24. The van der Waals surface area contributed by atoms with Gasteiger partial charge in [-0.1, -0.05) is 11.8 Å². The van der Waals surface area contributed by atoms with Gasteiger partial charge in [0.2, 0.25) is 5.91 Å². The second-order valence-corrected chi connectivity index (χ2v) is 5.23. The lowest BCUT2D eigenvalue weighted by Gasteiger charge is -2.14. The lowest BCUT2D eigenvalue weighted by Crippen LogP contribution is -2.26. The monoisotopic (exact) mass is 280 g/mol. The number of carbonyl (C=O) groups excluding carboxylic acids is 1. The van der Waals surface area contributed by atoms with Gasteiger partial charge in [0.05, 0.1) is 6.61 Å². The number of aliphatic hydroxyl groups is 1. The molecule has 0 aromatic carbocycles. The van der Waals surface area contributed by atoms with E-state index in [9.17, 15) is 4.79 Å². The molecular formula is C14H20N2O2S. The predicted molar refractivity (Wildman–Crippen MR) is 77.9 cm³/mol. The fourth-order valence-corrected chi connectivity index (χ4v) is 2.41. The van der Waals surface area contributed by atoms with Crippen molar-refractivity contribution < 1.29 is 9.90 Å². The van der Waals surface area contributed by atoms with Crippen molar-refractivity contribution in [1.82, 2.24) is 10.2 Å². The Hall–Kier alpha value is -1.35. The van der Waals surface area contributed by atoms with E-state index in [1.165, 1.54) is 4.88 Å². The summed E-state index contributed by atoms with van der Waals surface area (Å²) in [4.78, 5) is 14.5. The molecule has 1 rings (SSSR count). The maximum Gasteiger partial charge on any atom is 0.221 e. The number of hydrogen-bond acceptors (Lipinski definition) is 4. The van der Waals surface area contributed by atoms with Crippen molar-refractivity contribution in [3.63, 3.8) is 0 Å². The molecule has 0 radical (unpaired) electrons. The SMILES string of the molecule is CNC(=O)CCN(C)Cc1cc(C#CCCO)cs1. The summed E-state index contributed by atoms with van der Waals surface area (Å²) in [5.74, 6) is 5.99. The van der Waals surface area contributed by atoms with Gasteiger partial charge < -0.3 is 15.3 Å². The Kier molecular flexibility index (Phi) is 7.19. The van der Waals surface area contributed by atoms with Crippen LogP contribution in [0.25, 0.3) is 0 Å². The first-order chi connectivity index (χ1) is 9.15. The van der Waals surface area contributed by atoms with Gasteiger partial charge in [-0.15, -0.1) is 11.3 Å². The number of aliphatic hydroxyl groups excluding tert-OH is 1. The van der Waals surface area contributed by atoms with Crippen molar-refractivity contribution in [2.45, 2.75) is 19.4 Å². The number of amides is 1. The molecular weight excluding hydrogens is 260 g/mol. The molecule has 5 heteroatoms. The Balaban J connectivity index is 2.41. The Morgan fingerprint density at radius 1 is 1.58 bits per heavy atom. The zero-order valence-corrected chi connectivity index (χ0v) is 12.2. The number of carbonyl (C=O) groups is 1. The van der Waals surface area contributed by atoms with Crippen LogP contribution in [-0.4, -0.2) is 43.2 Å². The van der Waals surface area contributed by atoms with Gasteiger partial charge in [-0.3, -0.25) is 4.79 Å². The first-order valence-electron chi connectivity index (χ1n) is 6.22. The van der Waals surface area contributed by atoms with Crippen molar-refractivity contribution in [2.75, 3.05) is 27.2 Å². The molecule has 0 aliphatic rings. The van der Waals surface area contributed by atoms with E-state index in [-0.39, 0.29) is 12.5 Å². The average molecular weight is 280 g/mol. The molecule has 0 spiro atoms. The summed E-state index contributed by atoms with van der Waals surface area (Å²) in [5.41, 5.74) is 0.994. The second kappa shape index (κ2) is 8.70. The lowest BCUT2D eigenvalue weighted by molar-refractivity contribution is -0.120. The van der Waals surface area contributed by atoms with Crippen molar-refractivity contribution >= 4 is 17.2 Å². The Morgan fingerprint density at radius 2 is 2.37 bits per heavy atom. The summed E-state index contributed by atoms with van der Waals surface area (Å²) in [5, 5.41) is 13.3. The third-order valence-electron chi connectivity index (χ3n) is 2.55. The summed E-state index contributed by atoms with van der Waals surface area (Å²) in [7, 11) is 3.65. The van der Waals surface area contributed by atoms with Crippen LogP contribution in [0.1, 0.15) is 23.3 Å². The van der Waals surface area contributed by atoms with Crippen molar-refractivity contribution in [1.29, 1.82) is 0 Å². The van der Waals surface area contributed by atoms with E-state index in [4.69, 9.17) is 5.11 Å². The summed E-state index contributed by atoms with van der Waals surface area (Å²) < 4.78 is 0. The van der Waals surface area contributed by atoms with Gasteiger partial charge in [0.15, 0.2) is 0 Å². The molecule has 0 aliphatic heterocycles. The number of nitrogens with zero attached hydrogens (tertiary/aromatic N) is 1. The molecule has 2 N–H and O–H groups in total. The minimum absolute atomic E-state index is 0.0635. The first kappa shape index (κ1) is 15.7. The molecule has 1 amide bonds. The van der Waals surface area contributed by atoms with Gasteiger partial charge >= 0.3 is 0 Å². The third kappa shape index (κ3) is 6.39. The minimum Gasteiger partial charge on any atom is -0.395 e. The molecule has 0 atom stereocenters. The van der Waals surface area contributed by atoms with Gasteiger partial charge in [0, 0.05) is 48.8 Å². The van der Waals surface area contributed by atoms with E-state index in [1.54, 1.807) is 18.4 Å². The fraction of sp³-hybridized carbons (Fsp3) is 0.500. The summed E-state index contributed by atoms with van der Waals surface area (Å²) >= 11 is 1.67. The van der Waals surface area contributed by atoms with Crippen molar-refractivity contribution in [3.05, 3.63) is 21.9 Å². The van der Waals surface area contributed by atoms with E-state index < -0.39 is 0 Å². The molecule has 0 fully saturated rings. The van der Waals surface area contributed by atoms with Crippen molar-refractivity contribution in [2.24, 2.45) is 0 Å². The van der Waals surface area contributed by atoms with Crippen LogP contribution in [-0.2, 0) is 11.3 Å². The van der Waals surface area contributed by atoms with Crippen molar-refractivity contribution in [3.8, 4) is 11.8 Å². The van der Waals surface area contributed by atoms with E-state index in [0.717, 1.165) is 18.7 Å². The van der Waals surface area contributed by atoms with Gasteiger partial charge in [-0.2, -0.15) is 0 Å². The lowest BCUT2D eigenvalue weighted by atomic mass is 10.3. The number of hydrogen-bond donors (Lipinski definition) is 2. The van der Waals surface area contributed by atoms with Crippen LogP contribution in [0.2, 0.25) is 0 Å². The molecule has 1 aromatic heterocycles. The highest BCUT2D eigenvalue weighted by Crippen LogP contribution is 2.15. The van der Waals surface area contributed by atoms with Crippen LogP contribution in [0.5, 0.6) is 0 Å². The van der Waals surface area contributed by atoms with Crippen LogP contribution in [0.3, 0.4) is 0 Å². The molecule has 0 unspecified atom stereocenters. The molecule has 1 heterocycles. The van der Waals surface area contributed by atoms with Crippen LogP contribution < -0.4 is 5.32 Å². The largest absolute Gasteiger partial charge is 0.395 e. The Bertz CT molecular complexity index is 460. The van der Waals surface area contributed by atoms with Crippen LogP contribution in [0.15, 0.2) is 11.4 Å². The molecule has 0 saturated heterocycles. The summed E-state index contributed by atoms with van der Waals surface area (Å²) in [6, 6.07) is 2.06. The van der Waals surface area contributed by atoms with E-state index in [0.29, 0.717) is 12.8 Å². The van der Waals surface area contributed by atoms with Gasteiger partial charge in [-0.25, -0.2) is 0 Å². The standard InChI is InChI=1S/C14H20N2O2S/c1-15-14(18)6-7-16(2)10-13-9-12(11-19-13)5-3-4-8-17/h9,11,17H,4,6-8,10H2,1-2H3,(H,15,18). The minimum atomic E-state index is 0.0635. The highest BCUT2D eigenvalue weighted by atomic mass is 32.1. The maximum atomic E-state index is 11.1. The maximum absolute atomic E-state index is 11.1. The highest BCUT2D eigenvalue weighted by molar-refractivity contribution is 7.10. The normalized spacial score (nSPS) is 10.1. The topological polar surface area (TPSA) is 52.6 Å². The molecule has 4 nitrogen and oxygen atoms in total. The van der Waals surface area contributed by atoms with E-state index >= 15 is 0 Å². The zero-order chi connectivity index (χ0) is 14.1. The molecule has 0 aliphatic carbocycles. The molecule has 1 aromatic rings. The van der Waals surface area contributed by atoms with Gasteiger partial charge in [-0.05, 0) is 13.1 Å². The van der Waals surface area contributed by atoms with Gasteiger partial charge in [0.25, 0.3) is 0 Å². The third-order valence-corrected chi connectivity index (χ3v) is 3.47. The molecule has 104 valence electrons. The van der Waals surface area contributed by atoms with E-state index in [1.807, 2.05) is 12.4 Å². The molecule has 19 heavy (non-hydrogen) atoms. The number of thiophene rings is 1. The Labute approximate surface area is 118 Å². The average Bonchev–Trinajstić information content (AvgIpc) is 2.84. The predicted octanol–water partition coefficient (Wildman–Crippen LogP) is 1.05. The quantitative estimate of drug-likeness (QED) is 0.766. The molecule has 0 bridgehead atoms. The smallest absolute Gasteiger partial charge is 0.221 e. The number of rotatable bonds is 6. The van der Waals surface area contributed by atoms with Crippen LogP contribution >= 0.6 is 11.3 Å². The number of nitrogens with one attached hydrogen (secondary N) is 1. The zero-order valence-electron chi connectivity index (χ0n) is 11.4. The summed E-state index contributed by atoms with van der Waals surface area (Å²) in [6.45, 7) is 1.67. The van der Waals surface area contributed by atoms with Crippen LogP contribution in [0.4, 0.5) is 0 Å². The highest BCUT2D eigenvalue weighted by Gasteiger charge is 2.05. The van der Waals surface area contributed by atoms with Gasteiger partial charge in [0.1, 0.15) is 0 Å². The fourth-order valence-electron chi connectivity index (χ4n) is 1.51. The summed E-state index contributed by atoms with van der Waals surface area (Å²) in [6.07, 6.45) is 1.03.